The molecule has 0 fully saturated rings. The Kier molecular flexibility index (Phi) is 12.2. The third-order valence-corrected chi connectivity index (χ3v) is 4.11. The lowest BCUT2D eigenvalue weighted by molar-refractivity contribution is -0.138. The van der Waals surface area contributed by atoms with E-state index in [1.54, 1.807) is 0 Å². The standard InChI is InChI=1S/C17H34O2/c1-4-15(2)12-10-8-6-5-7-9-11-13-16(3)14-17(18)19/h15-16H,4-14H2,1-3H3,(H,18,19)/t15-,16-/m1/s1. The van der Waals surface area contributed by atoms with Gasteiger partial charge in [0.05, 0.1) is 0 Å². The van der Waals surface area contributed by atoms with Gasteiger partial charge < -0.3 is 5.11 Å². The minimum atomic E-state index is -0.659. The van der Waals surface area contributed by atoms with Gasteiger partial charge in [-0.05, 0) is 11.8 Å². The first kappa shape index (κ1) is 18.5. The number of carbonyl (C=O) groups is 1. The van der Waals surface area contributed by atoms with E-state index in [1.165, 1.54) is 57.8 Å². The minimum absolute atomic E-state index is 0.329. The largest absolute Gasteiger partial charge is 0.481 e. The predicted octanol–water partition coefficient (Wildman–Crippen LogP) is 5.65. The molecule has 0 aromatic rings. The highest BCUT2D eigenvalue weighted by Crippen LogP contribution is 2.16. The summed E-state index contributed by atoms with van der Waals surface area (Å²) in [4.78, 5) is 10.5. The fraction of sp³-hybridized carbons (Fsp3) is 0.941. The summed E-state index contributed by atoms with van der Waals surface area (Å²) < 4.78 is 0. The fourth-order valence-corrected chi connectivity index (χ4v) is 2.47. The zero-order valence-electron chi connectivity index (χ0n) is 13.3. The Morgan fingerprint density at radius 2 is 1.26 bits per heavy atom. The smallest absolute Gasteiger partial charge is 0.303 e. The van der Waals surface area contributed by atoms with Crippen molar-refractivity contribution in [2.24, 2.45) is 11.8 Å². The summed E-state index contributed by atoms with van der Waals surface area (Å²) in [6, 6.07) is 0. The minimum Gasteiger partial charge on any atom is -0.481 e. The Balaban J connectivity index is 3.17. The third-order valence-electron chi connectivity index (χ3n) is 4.11. The van der Waals surface area contributed by atoms with Gasteiger partial charge >= 0.3 is 5.97 Å². The molecule has 0 radical (unpaired) electrons. The lowest BCUT2D eigenvalue weighted by Crippen LogP contribution is -2.03. The molecule has 1 N–H and O–H groups in total. The second-order valence-electron chi connectivity index (χ2n) is 6.27. The van der Waals surface area contributed by atoms with Gasteiger partial charge in [0.2, 0.25) is 0 Å². The molecule has 114 valence electrons. The van der Waals surface area contributed by atoms with Gasteiger partial charge in [0.15, 0.2) is 0 Å². The summed E-state index contributed by atoms with van der Waals surface area (Å²) in [7, 11) is 0. The molecule has 2 heteroatoms. The molecule has 2 nitrogen and oxygen atoms in total. The second kappa shape index (κ2) is 12.5. The number of hydrogen-bond acceptors (Lipinski definition) is 1. The Labute approximate surface area is 120 Å². The van der Waals surface area contributed by atoms with Crippen molar-refractivity contribution in [3.63, 3.8) is 0 Å². The summed E-state index contributed by atoms with van der Waals surface area (Å²) in [6.45, 7) is 6.66. The van der Waals surface area contributed by atoms with Gasteiger partial charge in [0, 0.05) is 6.42 Å². The van der Waals surface area contributed by atoms with E-state index in [2.05, 4.69) is 13.8 Å². The first-order valence-corrected chi connectivity index (χ1v) is 8.28. The Morgan fingerprint density at radius 1 is 0.842 bits per heavy atom. The van der Waals surface area contributed by atoms with Crippen LogP contribution in [0.3, 0.4) is 0 Å². The molecule has 2 atom stereocenters. The first-order valence-electron chi connectivity index (χ1n) is 8.28. The average molecular weight is 270 g/mol. The Hall–Kier alpha value is -0.530. The molecule has 19 heavy (non-hydrogen) atoms. The quantitative estimate of drug-likeness (QED) is 0.439. The van der Waals surface area contributed by atoms with Crippen LogP contribution in [-0.4, -0.2) is 11.1 Å². The van der Waals surface area contributed by atoms with Crippen LogP contribution in [0.4, 0.5) is 0 Å². The molecule has 0 rings (SSSR count). The van der Waals surface area contributed by atoms with Crippen LogP contribution in [0.5, 0.6) is 0 Å². The number of carboxylic acid groups (broad SMARTS) is 1. The van der Waals surface area contributed by atoms with Crippen LogP contribution < -0.4 is 0 Å². The molecule has 0 bridgehead atoms. The lowest BCUT2D eigenvalue weighted by Gasteiger charge is -2.08. The average Bonchev–Trinajstić information content (AvgIpc) is 2.35. The van der Waals surface area contributed by atoms with Gasteiger partial charge in [-0.15, -0.1) is 0 Å². The maximum Gasteiger partial charge on any atom is 0.303 e. The Morgan fingerprint density at radius 3 is 1.68 bits per heavy atom. The molecule has 0 aromatic carbocycles. The number of unbranched alkanes of at least 4 members (excludes halogenated alkanes) is 6. The van der Waals surface area contributed by atoms with Crippen LogP contribution in [0.1, 0.15) is 91.4 Å². The van der Waals surface area contributed by atoms with Crippen LogP contribution >= 0.6 is 0 Å². The van der Waals surface area contributed by atoms with Crippen molar-refractivity contribution in [1.82, 2.24) is 0 Å². The van der Waals surface area contributed by atoms with Gasteiger partial charge in [-0.1, -0.05) is 85.0 Å². The molecule has 0 spiro atoms. The summed E-state index contributed by atoms with van der Waals surface area (Å²) in [5.74, 6) is 0.581. The molecule has 0 saturated heterocycles. The third kappa shape index (κ3) is 13.7. The predicted molar refractivity (Wildman–Crippen MR) is 82.4 cm³/mol. The number of rotatable bonds is 13. The van der Waals surface area contributed by atoms with E-state index in [0.29, 0.717) is 12.3 Å². The summed E-state index contributed by atoms with van der Waals surface area (Å²) >= 11 is 0. The zero-order chi connectivity index (χ0) is 14.5. The van der Waals surface area contributed by atoms with E-state index in [9.17, 15) is 4.79 Å². The van der Waals surface area contributed by atoms with Gasteiger partial charge in [-0.3, -0.25) is 4.79 Å². The zero-order valence-corrected chi connectivity index (χ0v) is 13.3. The van der Waals surface area contributed by atoms with Crippen LogP contribution in [0, 0.1) is 11.8 Å². The number of hydrogen-bond donors (Lipinski definition) is 1. The van der Waals surface area contributed by atoms with Crippen LogP contribution in [0.25, 0.3) is 0 Å². The molecule has 0 unspecified atom stereocenters. The van der Waals surface area contributed by atoms with E-state index in [0.717, 1.165) is 12.3 Å². The van der Waals surface area contributed by atoms with Gasteiger partial charge in [0.1, 0.15) is 0 Å². The molecule has 0 saturated carbocycles. The summed E-state index contributed by atoms with van der Waals surface area (Å²) in [5, 5.41) is 8.66. The van der Waals surface area contributed by atoms with E-state index in [-0.39, 0.29) is 0 Å². The number of aliphatic carboxylic acids is 1. The monoisotopic (exact) mass is 270 g/mol. The molecule has 0 heterocycles. The van der Waals surface area contributed by atoms with Gasteiger partial charge in [-0.2, -0.15) is 0 Å². The second-order valence-corrected chi connectivity index (χ2v) is 6.27. The van der Waals surface area contributed by atoms with Crippen molar-refractivity contribution < 1.29 is 9.90 Å². The normalized spacial score (nSPS) is 14.3. The number of carboxylic acids is 1. The molecule has 0 aliphatic heterocycles. The molecule has 0 aromatic heterocycles. The molecular weight excluding hydrogens is 236 g/mol. The van der Waals surface area contributed by atoms with E-state index < -0.39 is 5.97 Å². The van der Waals surface area contributed by atoms with E-state index >= 15 is 0 Å². The Bertz CT molecular complexity index is 213. The molecule has 0 amide bonds. The maximum atomic E-state index is 10.5. The molecule has 0 aliphatic carbocycles. The van der Waals surface area contributed by atoms with Crippen molar-refractivity contribution in [2.45, 2.75) is 91.4 Å². The summed E-state index contributed by atoms with van der Waals surface area (Å²) in [6.07, 6.45) is 13.4. The first-order chi connectivity index (χ1) is 9.06. The highest BCUT2D eigenvalue weighted by atomic mass is 16.4. The summed E-state index contributed by atoms with van der Waals surface area (Å²) in [5.41, 5.74) is 0. The SMILES string of the molecule is CC[C@@H](C)CCCCCCCCC[C@@H](C)CC(=O)O. The van der Waals surface area contributed by atoms with E-state index in [4.69, 9.17) is 5.11 Å². The lowest BCUT2D eigenvalue weighted by atomic mass is 9.98. The van der Waals surface area contributed by atoms with Gasteiger partial charge in [0.25, 0.3) is 0 Å². The van der Waals surface area contributed by atoms with Crippen molar-refractivity contribution in [1.29, 1.82) is 0 Å². The van der Waals surface area contributed by atoms with Gasteiger partial charge in [-0.25, -0.2) is 0 Å². The van der Waals surface area contributed by atoms with Crippen molar-refractivity contribution in [2.75, 3.05) is 0 Å². The fourth-order valence-electron chi connectivity index (χ4n) is 2.47. The van der Waals surface area contributed by atoms with Crippen molar-refractivity contribution in [3.05, 3.63) is 0 Å². The van der Waals surface area contributed by atoms with Crippen molar-refractivity contribution >= 4 is 5.97 Å². The van der Waals surface area contributed by atoms with Crippen LogP contribution in [0.15, 0.2) is 0 Å². The topological polar surface area (TPSA) is 37.3 Å². The highest BCUT2D eigenvalue weighted by Gasteiger charge is 2.06. The molecular formula is C17H34O2. The maximum absolute atomic E-state index is 10.5. The van der Waals surface area contributed by atoms with E-state index in [1.807, 2.05) is 6.92 Å². The van der Waals surface area contributed by atoms with Crippen LogP contribution in [-0.2, 0) is 4.79 Å². The molecule has 0 aliphatic rings. The van der Waals surface area contributed by atoms with Crippen LogP contribution in [0.2, 0.25) is 0 Å². The highest BCUT2D eigenvalue weighted by molar-refractivity contribution is 5.66. The van der Waals surface area contributed by atoms with Crippen molar-refractivity contribution in [3.8, 4) is 0 Å².